The van der Waals surface area contributed by atoms with Gasteiger partial charge in [0.2, 0.25) is 0 Å². The van der Waals surface area contributed by atoms with E-state index in [2.05, 4.69) is 4.74 Å². The van der Waals surface area contributed by atoms with Gasteiger partial charge < -0.3 is 20.1 Å². The fraction of sp³-hybridized carbons (Fsp3) is 0.429. The molecule has 0 saturated carbocycles. The highest BCUT2D eigenvalue weighted by Gasteiger charge is 2.26. The van der Waals surface area contributed by atoms with Gasteiger partial charge >= 0.3 is 5.97 Å². The lowest BCUT2D eigenvalue weighted by molar-refractivity contribution is -0.150. The van der Waals surface area contributed by atoms with E-state index in [1.54, 1.807) is 13.0 Å². The van der Waals surface area contributed by atoms with Crippen LogP contribution < -0.4 is 10.5 Å². The first kappa shape index (κ1) is 16.9. The molecule has 1 rings (SSSR count). The molecular formula is C14H19FN2O4. The molecule has 21 heavy (non-hydrogen) atoms. The maximum atomic E-state index is 13.6. The molecule has 1 unspecified atom stereocenters. The zero-order valence-corrected chi connectivity index (χ0v) is 12.3. The van der Waals surface area contributed by atoms with Crippen molar-refractivity contribution >= 4 is 11.9 Å². The molecule has 0 bridgehead atoms. The molecular weight excluding hydrogens is 279 g/mol. The zero-order chi connectivity index (χ0) is 16.0. The number of likely N-dealkylation sites (N-methyl/N-ethyl adjacent to an activating group) is 1. The van der Waals surface area contributed by atoms with Gasteiger partial charge in [0, 0.05) is 13.6 Å². The maximum Gasteiger partial charge on any atom is 0.332 e. The Kier molecular flexibility index (Phi) is 6.10. The van der Waals surface area contributed by atoms with Crippen LogP contribution in [0.1, 0.15) is 12.5 Å². The van der Waals surface area contributed by atoms with Gasteiger partial charge in [-0.05, 0) is 24.6 Å². The smallest absolute Gasteiger partial charge is 0.332 e. The van der Waals surface area contributed by atoms with E-state index < -0.39 is 23.7 Å². The molecule has 2 N–H and O–H groups in total. The third-order valence-corrected chi connectivity index (χ3v) is 2.82. The van der Waals surface area contributed by atoms with Crippen LogP contribution in [-0.2, 0) is 20.9 Å². The molecule has 0 aliphatic heterocycles. The molecule has 1 atom stereocenters. The number of methoxy groups -OCH3 is 1. The highest BCUT2D eigenvalue weighted by atomic mass is 19.1. The van der Waals surface area contributed by atoms with Crippen molar-refractivity contribution in [1.29, 1.82) is 0 Å². The molecule has 1 aromatic carbocycles. The molecule has 0 saturated heterocycles. The van der Waals surface area contributed by atoms with Crippen molar-refractivity contribution < 1.29 is 23.5 Å². The second kappa shape index (κ2) is 7.58. The molecule has 0 spiro atoms. The Balaban J connectivity index is 2.72. The monoisotopic (exact) mass is 298 g/mol. The Hall–Kier alpha value is -2.15. The van der Waals surface area contributed by atoms with Gasteiger partial charge in [0.15, 0.2) is 17.6 Å². The molecule has 0 aliphatic carbocycles. The minimum Gasteiger partial charge on any atom is -0.494 e. The van der Waals surface area contributed by atoms with Crippen LogP contribution in [0.25, 0.3) is 0 Å². The second-order valence-electron chi connectivity index (χ2n) is 4.39. The largest absolute Gasteiger partial charge is 0.494 e. The van der Waals surface area contributed by atoms with Crippen molar-refractivity contribution in [2.75, 3.05) is 20.8 Å². The summed E-state index contributed by atoms with van der Waals surface area (Å²) in [4.78, 5) is 24.6. The SMILES string of the molecule is CCOC(=O)C(N)C(=O)N(C)Cc1ccc(OC)c(F)c1. The number of carbonyl (C=O) groups excluding carboxylic acids is 2. The van der Waals surface area contributed by atoms with E-state index in [9.17, 15) is 14.0 Å². The van der Waals surface area contributed by atoms with Crippen LogP contribution in [0.3, 0.4) is 0 Å². The number of hydrogen-bond acceptors (Lipinski definition) is 5. The number of amides is 1. The van der Waals surface area contributed by atoms with Gasteiger partial charge in [-0.25, -0.2) is 9.18 Å². The normalized spacial score (nSPS) is 11.7. The summed E-state index contributed by atoms with van der Waals surface area (Å²) < 4.78 is 23.1. The maximum absolute atomic E-state index is 13.6. The number of carbonyl (C=O) groups is 2. The van der Waals surface area contributed by atoms with Crippen LogP contribution in [0, 0.1) is 5.82 Å². The Bertz CT molecular complexity index is 522. The van der Waals surface area contributed by atoms with E-state index in [-0.39, 0.29) is 18.9 Å². The quantitative estimate of drug-likeness (QED) is 0.617. The highest BCUT2D eigenvalue weighted by molar-refractivity contribution is 6.01. The van der Waals surface area contributed by atoms with Gasteiger partial charge in [-0.15, -0.1) is 0 Å². The third kappa shape index (κ3) is 4.42. The fourth-order valence-corrected chi connectivity index (χ4v) is 1.73. The number of rotatable bonds is 6. The first-order valence-electron chi connectivity index (χ1n) is 6.40. The fourth-order valence-electron chi connectivity index (χ4n) is 1.73. The lowest BCUT2D eigenvalue weighted by atomic mass is 10.2. The van der Waals surface area contributed by atoms with E-state index in [4.69, 9.17) is 10.5 Å². The van der Waals surface area contributed by atoms with Gasteiger partial charge in [-0.2, -0.15) is 0 Å². The Morgan fingerprint density at radius 3 is 2.62 bits per heavy atom. The van der Waals surface area contributed by atoms with E-state index in [0.29, 0.717) is 5.56 Å². The number of ether oxygens (including phenoxy) is 2. The van der Waals surface area contributed by atoms with Crippen molar-refractivity contribution in [1.82, 2.24) is 4.90 Å². The predicted molar refractivity (Wildman–Crippen MR) is 74.0 cm³/mol. The summed E-state index contributed by atoms with van der Waals surface area (Å²) in [6.45, 7) is 1.89. The van der Waals surface area contributed by atoms with Crippen LogP contribution in [0.4, 0.5) is 4.39 Å². The molecule has 0 radical (unpaired) electrons. The number of benzene rings is 1. The third-order valence-electron chi connectivity index (χ3n) is 2.82. The van der Waals surface area contributed by atoms with Crippen molar-refractivity contribution in [2.45, 2.75) is 19.5 Å². The first-order valence-corrected chi connectivity index (χ1v) is 6.40. The zero-order valence-electron chi connectivity index (χ0n) is 12.3. The number of nitrogens with two attached hydrogens (primary N) is 1. The van der Waals surface area contributed by atoms with Crippen LogP contribution in [0.5, 0.6) is 5.75 Å². The number of nitrogens with zero attached hydrogens (tertiary/aromatic N) is 1. The van der Waals surface area contributed by atoms with Crippen LogP contribution >= 0.6 is 0 Å². The second-order valence-corrected chi connectivity index (χ2v) is 4.39. The van der Waals surface area contributed by atoms with Crippen LogP contribution in [-0.4, -0.2) is 43.6 Å². The number of hydrogen-bond donors (Lipinski definition) is 1. The summed E-state index contributed by atoms with van der Waals surface area (Å²) in [5, 5.41) is 0. The summed E-state index contributed by atoms with van der Waals surface area (Å²) in [6.07, 6.45) is 0. The van der Waals surface area contributed by atoms with Gasteiger partial charge in [0.25, 0.3) is 5.91 Å². The molecule has 7 heteroatoms. The van der Waals surface area contributed by atoms with Gasteiger partial charge in [0.05, 0.1) is 13.7 Å². The first-order chi connectivity index (χ1) is 9.90. The van der Waals surface area contributed by atoms with Crippen molar-refractivity contribution in [2.24, 2.45) is 5.73 Å². The predicted octanol–water partition coefficient (Wildman–Crippen LogP) is 0.683. The minimum atomic E-state index is -1.38. The van der Waals surface area contributed by atoms with Gasteiger partial charge in [-0.3, -0.25) is 4.79 Å². The minimum absolute atomic E-state index is 0.118. The topological polar surface area (TPSA) is 81.9 Å². The average molecular weight is 298 g/mol. The molecule has 0 heterocycles. The number of esters is 1. The Morgan fingerprint density at radius 1 is 1.43 bits per heavy atom. The molecule has 0 fully saturated rings. The van der Waals surface area contributed by atoms with Crippen LogP contribution in [0.2, 0.25) is 0 Å². The lowest BCUT2D eigenvalue weighted by Crippen LogP contribution is -2.47. The van der Waals surface area contributed by atoms with E-state index >= 15 is 0 Å². The molecule has 0 aliphatic rings. The molecule has 1 aromatic rings. The van der Waals surface area contributed by atoms with Gasteiger partial charge in [0.1, 0.15) is 0 Å². The van der Waals surface area contributed by atoms with Crippen molar-refractivity contribution in [3.05, 3.63) is 29.6 Å². The Labute approximate surface area is 122 Å². The lowest BCUT2D eigenvalue weighted by Gasteiger charge is -2.20. The van der Waals surface area contributed by atoms with E-state index in [0.717, 1.165) is 0 Å². The Morgan fingerprint density at radius 2 is 2.10 bits per heavy atom. The summed E-state index contributed by atoms with van der Waals surface area (Å²) in [7, 11) is 2.84. The molecule has 1 amide bonds. The summed E-state index contributed by atoms with van der Waals surface area (Å²) in [5.74, 6) is -1.78. The molecule has 0 aromatic heterocycles. The summed E-state index contributed by atoms with van der Waals surface area (Å²) in [5.41, 5.74) is 6.07. The average Bonchev–Trinajstić information content (AvgIpc) is 2.46. The molecule has 6 nitrogen and oxygen atoms in total. The van der Waals surface area contributed by atoms with Gasteiger partial charge in [-0.1, -0.05) is 6.07 Å². The van der Waals surface area contributed by atoms with Crippen LogP contribution in [0.15, 0.2) is 18.2 Å². The summed E-state index contributed by atoms with van der Waals surface area (Å²) in [6, 6.07) is 2.98. The standard InChI is InChI=1S/C14H19FN2O4/c1-4-21-14(19)12(16)13(18)17(2)8-9-5-6-11(20-3)10(15)7-9/h5-7,12H,4,8,16H2,1-3H3. The van der Waals surface area contributed by atoms with E-state index in [1.807, 2.05) is 0 Å². The van der Waals surface area contributed by atoms with Crippen molar-refractivity contribution in [3.63, 3.8) is 0 Å². The molecule has 116 valence electrons. The van der Waals surface area contributed by atoms with E-state index in [1.165, 1.54) is 31.2 Å². The summed E-state index contributed by atoms with van der Waals surface area (Å²) >= 11 is 0. The van der Waals surface area contributed by atoms with Crippen molar-refractivity contribution in [3.8, 4) is 5.75 Å². The highest BCUT2D eigenvalue weighted by Crippen LogP contribution is 2.18. The number of halogens is 1.